The van der Waals surface area contributed by atoms with Crippen LogP contribution in [0.4, 0.5) is 0 Å². The van der Waals surface area contributed by atoms with E-state index < -0.39 is 0 Å². The van der Waals surface area contributed by atoms with Crippen LogP contribution in [0.3, 0.4) is 0 Å². The summed E-state index contributed by atoms with van der Waals surface area (Å²) in [6.45, 7) is 4.37. The van der Waals surface area contributed by atoms with Crippen LogP contribution in [0, 0.1) is 0 Å². The average molecular weight is 469 g/mol. The standard InChI is InChI=1S/C22H26N6OS.CH2O2/c29-22(27-7-4-19(5-8-27)26-9-11-30-12-10-26)17-13-20-21(24-14-17)28(16-25-20)15-18-3-1-2-6-23-18;2-1-3/h1-3,6,13-14,16,19H,4-5,7-12,15H2;1H,(H,2,3). The predicted molar refractivity (Wildman–Crippen MR) is 127 cm³/mol. The number of carboxylic acid groups (broad SMARTS) is 1. The van der Waals surface area contributed by atoms with Gasteiger partial charge in [0.15, 0.2) is 5.65 Å². The van der Waals surface area contributed by atoms with Crippen molar-refractivity contribution in [1.82, 2.24) is 29.3 Å². The second-order valence-corrected chi connectivity index (χ2v) is 9.26. The molecular weight excluding hydrogens is 440 g/mol. The Labute approximate surface area is 196 Å². The minimum absolute atomic E-state index is 0.0660. The van der Waals surface area contributed by atoms with Crippen molar-refractivity contribution in [1.29, 1.82) is 0 Å². The fourth-order valence-electron chi connectivity index (χ4n) is 4.41. The molecule has 0 radical (unpaired) electrons. The summed E-state index contributed by atoms with van der Waals surface area (Å²) in [5.74, 6) is 2.53. The number of nitrogens with zero attached hydrogens (tertiary/aromatic N) is 6. The Morgan fingerprint density at radius 2 is 1.88 bits per heavy atom. The van der Waals surface area contributed by atoms with E-state index in [1.54, 1.807) is 18.7 Å². The van der Waals surface area contributed by atoms with E-state index in [9.17, 15) is 4.79 Å². The number of aromatic nitrogens is 4. The van der Waals surface area contributed by atoms with Crippen LogP contribution in [0.5, 0.6) is 0 Å². The Balaban J connectivity index is 0.000000821. The van der Waals surface area contributed by atoms with Gasteiger partial charge in [0.25, 0.3) is 12.4 Å². The molecule has 2 aliphatic heterocycles. The van der Waals surface area contributed by atoms with Crippen LogP contribution >= 0.6 is 11.8 Å². The molecule has 2 aliphatic rings. The summed E-state index contributed by atoms with van der Waals surface area (Å²) in [5, 5.41) is 6.89. The minimum atomic E-state index is -0.250. The van der Waals surface area contributed by atoms with Crippen molar-refractivity contribution in [3.8, 4) is 0 Å². The summed E-state index contributed by atoms with van der Waals surface area (Å²) in [6, 6.07) is 8.35. The molecule has 10 heteroatoms. The van der Waals surface area contributed by atoms with E-state index in [4.69, 9.17) is 9.90 Å². The van der Waals surface area contributed by atoms with Gasteiger partial charge in [-0.1, -0.05) is 6.07 Å². The summed E-state index contributed by atoms with van der Waals surface area (Å²) in [4.78, 5) is 39.4. The van der Waals surface area contributed by atoms with Crippen molar-refractivity contribution >= 4 is 35.3 Å². The first-order valence-corrected chi connectivity index (χ1v) is 12.2. The Bertz CT molecular complexity index is 1060. The zero-order valence-corrected chi connectivity index (χ0v) is 19.2. The van der Waals surface area contributed by atoms with E-state index in [1.165, 1.54) is 24.6 Å². The van der Waals surface area contributed by atoms with Gasteiger partial charge < -0.3 is 14.6 Å². The molecule has 5 heterocycles. The van der Waals surface area contributed by atoms with Crippen LogP contribution in [-0.4, -0.2) is 90.5 Å². The lowest BCUT2D eigenvalue weighted by molar-refractivity contribution is -0.122. The topological polar surface area (TPSA) is 104 Å². The smallest absolute Gasteiger partial charge is 0.290 e. The van der Waals surface area contributed by atoms with Gasteiger partial charge in [-0.15, -0.1) is 0 Å². The molecule has 1 N–H and O–H groups in total. The van der Waals surface area contributed by atoms with E-state index in [0.29, 0.717) is 18.2 Å². The number of likely N-dealkylation sites (tertiary alicyclic amines) is 1. The lowest BCUT2D eigenvalue weighted by Gasteiger charge is -2.40. The normalized spacial score (nSPS) is 17.4. The summed E-state index contributed by atoms with van der Waals surface area (Å²) < 4.78 is 1.97. The van der Waals surface area contributed by atoms with Gasteiger partial charge in [-0.05, 0) is 31.0 Å². The van der Waals surface area contributed by atoms with Crippen molar-refractivity contribution in [3.63, 3.8) is 0 Å². The lowest BCUT2D eigenvalue weighted by atomic mass is 10.0. The number of fused-ring (bicyclic) bond motifs is 1. The SMILES string of the molecule is O=C(c1cnc2c(c1)ncn2Cc1ccccn1)N1CCC(N2CCSCC2)CC1.O=CO. The molecule has 3 aromatic heterocycles. The fraction of sp³-hybridized carbons (Fsp3) is 0.435. The predicted octanol–water partition coefficient (Wildman–Crippen LogP) is 2.23. The quantitative estimate of drug-likeness (QED) is 0.582. The van der Waals surface area contributed by atoms with Crippen LogP contribution in [0.15, 0.2) is 43.0 Å². The molecule has 0 unspecified atom stereocenters. The number of piperidine rings is 1. The van der Waals surface area contributed by atoms with E-state index in [1.807, 2.05) is 45.5 Å². The van der Waals surface area contributed by atoms with Crippen LogP contribution in [0.2, 0.25) is 0 Å². The van der Waals surface area contributed by atoms with Crippen molar-refractivity contribution in [3.05, 3.63) is 54.2 Å². The molecule has 9 nitrogen and oxygen atoms in total. The van der Waals surface area contributed by atoms with Crippen LogP contribution in [0.1, 0.15) is 28.9 Å². The number of hydrogen-bond donors (Lipinski definition) is 1. The average Bonchev–Trinajstić information content (AvgIpc) is 3.27. The van der Waals surface area contributed by atoms with Crippen LogP contribution in [0.25, 0.3) is 11.2 Å². The Hall–Kier alpha value is -2.98. The number of carbonyl (C=O) groups excluding carboxylic acids is 1. The minimum Gasteiger partial charge on any atom is -0.483 e. The first-order valence-electron chi connectivity index (χ1n) is 11.1. The molecule has 2 saturated heterocycles. The maximum absolute atomic E-state index is 13.0. The van der Waals surface area contributed by atoms with Gasteiger partial charge in [-0.3, -0.25) is 19.5 Å². The van der Waals surface area contributed by atoms with E-state index in [-0.39, 0.29) is 12.4 Å². The summed E-state index contributed by atoms with van der Waals surface area (Å²) in [5.41, 5.74) is 3.10. The highest BCUT2D eigenvalue weighted by Crippen LogP contribution is 2.22. The highest BCUT2D eigenvalue weighted by Gasteiger charge is 2.28. The van der Waals surface area contributed by atoms with Crippen molar-refractivity contribution in [2.24, 2.45) is 0 Å². The molecule has 0 saturated carbocycles. The molecule has 0 aliphatic carbocycles. The number of pyridine rings is 2. The zero-order chi connectivity index (χ0) is 23.0. The van der Waals surface area contributed by atoms with Gasteiger partial charge in [0.1, 0.15) is 5.52 Å². The second-order valence-electron chi connectivity index (χ2n) is 8.04. The van der Waals surface area contributed by atoms with Gasteiger partial charge in [-0.25, -0.2) is 9.97 Å². The molecule has 0 atom stereocenters. The van der Waals surface area contributed by atoms with Gasteiger partial charge in [0, 0.05) is 56.1 Å². The number of imidazole rings is 1. The van der Waals surface area contributed by atoms with Gasteiger partial charge in [0.05, 0.1) is 24.1 Å². The third-order valence-corrected chi connectivity index (χ3v) is 7.02. The second kappa shape index (κ2) is 11.2. The first kappa shape index (κ1) is 23.2. The molecule has 3 aromatic rings. The summed E-state index contributed by atoms with van der Waals surface area (Å²) in [6.07, 6.45) is 7.36. The monoisotopic (exact) mass is 468 g/mol. The number of thioether (sulfide) groups is 1. The Morgan fingerprint density at radius 3 is 2.58 bits per heavy atom. The molecule has 0 bridgehead atoms. The number of amides is 1. The number of rotatable bonds is 4. The van der Waals surface area contributed by atoms with E-state index in [2.05, 4.69) is 19.9 Å². The van der Waals surface area contributed by atoms with Crippen molar-refractivity contribution < 1.29 is 14.7 Å². The van der Waals surface area contributed by atoms with Crippen molar-refractivity contribution in [2.45, 2.75) is 25.4 Å². The van der Waals surface area contributed by atoms with Gasteiger partial charge >= 0.3 is 0 Å². The summed E-state index contributed by atoms with van der Waals surface area (Å²) in [7, 11) is 0. The molecule has 5 rings (SSSR count). The molecule has 0 spiro atoms. The highest BCUT2D eigenvalue weighted by atomic mass is 32.2. The molecule has 2 fully saturated rings. The zero-order valence-electron chi connectivity index (χ0n) is 18.4. The molecular formula is C23H28N6O3S. The third-order valence-electron chi connectivity index (χ3n) is 6.07. The maximum Gasteiger partial charge on any atom is 0.290 e. The maximum atomic E-state index is 13.0. The lowest BCUT2D eigenvalue weighted by Crippen LogP contribution is -2.49. The Kier molecular flexibility index (Phi) is 7.90. The fourth-order valence-corrected chi connectivity index (χ4v) is 5.34. The van der Waals surface area contributed by atoms with Gasteiger partial charge in [-0.2, -0.15) is 11.8 Å². The molecule has 174 valence electrons. The van der Waals surface area contributed by atoms with Crippen LogP contribution < -0.4 is 0 Å². The number of carbonyl (C=O) groups is 2. The molecule has 1 amide bonds. The number of hydrogen-bond acceptors (Lipinski definition) is 7. The third kappa shape index (κ3) is 5.69. The van der Waals surface area contributed by atoms with E-state index in [0.717, 1.165) is 42.8 Å². The first-order chi connectivity index (χ1) is 16.2. The molecule has 0 aromatic carbocycles. The van der Waals surface area contributed by atoms with Gasteiger partial charge in [0.2, 0.25) is 0 Å². The largest absolute Gasteiger partial charge is 0.483 e. The highest BCUT2D eigenvalue weighted by molar-refractivity contribution is 7.99. The molecule has 33 heavy (non-hydrogen) atoms. The Morgan fingerprint density at radius 1 is 1.12 bits per heavy atom. The summed E-state index contributed by atoms with van der Waals surface area (Å²) >= 11 is 2.04. The van der Waals surface area contributed by atoms with Crippen molar-refractivity contribution in [2.75, 3.05) is 37.7 Å². The van der Waals surface area contributed by atoms with Crippen LogP contribution in [-0.2, 0) is 11.3 Å². The van der Waals surface area contributed by atoms with E-state index >= 15 is 0 Å².